The fourth-order valence-corrected chi connectivity index (χ4v) is 1.92. The number of anilines is 2. The fraction of sp³-hybridized carbons (Fsp3) is 0.0667. The minimum atomic E-state index is -4.72. The maximum Gasteiger partial charge on any atom is 0.418 e. The second kappa shape index (κ2) is 6.70. The van der Waals surface area contributed by atoms with Crippen molar-refractivity contribution in [1.29, 1.82) is 0 Å². The molecule has 23 heavy (non-hydrogen) atoms. The largest absolute Gasteiger partial charge is 0.418 e. The predicted molar refractivity (Wildman–Crippen MR) is 80.2 cm³/mol. The Hall–Kier alpha value is -2.54. The van der Waals surface area contributed by atoms with E-state index in [4.69, 9.17) is 11.6 Å². The van der Waals surface area contributed by atoms with Crippen molar-refractivity contribution >= 4 is 34.8 Å². The number of carbonyl (C=O) groups is 2. The van der Waals surface area contributed by atoms with Gasteiger partial charge in [0.05, 0.1) is 11.3 Å². The molecule has 0 aliphatic carbocycles. The molecule has 0 saturated carbocycles. The lowest BCUT2D eigenvalue weighted by Crippen LogP contribution is -2.30. The highest BCUT2D eigenvalue weighted by Crippen LogP contribution is 2.36. The van der Waals surface area contributed by atoms with Gasteiger partial charge in [-0.25, -0.2) is 0 Å². The van der Waals surface area contributed by atoms with Crippen LogP contribution in [-0.2, 0) is 15.8 Å². The topological polar surface area (TPSA) is 58.2 Å². The van der Waals surface area contributed by atoms with Gasteiger partial charge in [-0.1, -0.05) is 29.8 Å². The van der Waals surface area contributed by atoms with Crippen LogP contribution in [0.3, 0.4) is 0 Å². The molecule has 0 radical (unpaired) electrons. The number of nitrogens with one attached hydrogen (secondary N) is 2. The van der Waals surface area contributed by atoms with Crippen LogP contribution < -0.4 is 10.6 Å². The minimum absolute atomic E-state index is 0.135. The highest BCUT2D eigenvalue weighted by Gasteiger charge is 2.34. The van der Waals surface area contributed by atoms with Gasteiger partial charge in [0.1, 0.15) is 0 Å². The van der Waals surface area contributed by atoms with Gasteiger partial charge < -0.3 is 10.6 Å². The third kappa shape index (κ3) is 4.46. The van der Waals surface area contributed by atoms with Gasteiger partial charge in [0, 0.05) is 10.7 Å². The van der Waals surface area contributed by atoms with E-state index in [0.29, 0.717) is 11.8 Å². The first-order chi connectivity index (χ1) is 10.8. The monoisotopic (exact) mass is 342 g/mol. The van der Waals surface area contributed by atoms with Crippen molar-refractivity contribution in [1.82, 2.24) is 0 Å². The third-order valence-corrected chi connectivity index (χ3v) is 3.01. The Morgan fingerprint density at radius 3 is 2.13 bits per heavy atom. The van der Waals surface area contributed by atoms with Gasteiger partial charge in [0.25, 0.3) is 0 Å². The summed E-state index contributed by atoms with van der Waals surface area (Å²) in [7, 11) is 0. The van der Waals surface area contributed by atoms with E-state index >= 15 is 0 Å². The Morgan fingerprint density at radius 1 is 0.913 bits per heavy atom. The van der Waals surface area contributed by atoms with Crippen molar-refractivity contribution in [2.24, 2.45) is 0 Å². The third-order valence-electron chi connectivity index (χ3n) is 2.77. The summed E-state index contributed by atoms with van der Waals surface area (Å²) in [5, 5.41) is 4.07. The molecule has 8 heteroatoms. The van der Waals surface area contributed by atoms with E-state index in [1.165, 1.54) is 18.2 Å². The Labute approximate surface area is 134 Å². The Balaban J connectivity index is 2.16. The summed E-state index contributed by atoms with van der Waals surface area (Å²) < 4.78 is 38.7. The maximum absolute atomic E-state index is 12.9. The number of amides is 2. The first kappa shape index (κ1) is 16.8. The molecule has 0 aliphatic rings. The second-order valence-electron chi connectivity index (χ2n) is 4.46. The fourth-order valence-electron chi connectivity index (χ4n) is 1.75. The Morgan fingerprint density at radius 2 is 1.52 bits per heavy atom. The number of rotatable bonds is 2. The van der Waals surface area contributed by atoms with Crippen LogP contribution in [0.1, 0.15) is 5.56 Å². The molecule has 0 fully saturated rings. The van der Waals surface area contributed by atoms with E-state index in [1.54, 1.807) is 18.2 Å². The van der Waals surface area contributed by atoms with Gasteiger partial charge in [-0.15, -0.1) is 0 Å². The van der Waals surface area contributed by atoms with Crippen molar-refractivity contribution in [3.05, 3.63) is 59.1 Å². The van der Waals surface area contributed by atoms with Crippen molar-refractivity contribution in [3.8, 4) is 0 Å². The summed E-state index contributed by atoms with van der Waals surface area (Å²) >= 11 is 5.54. The molecular weight excluding hydrogens is 333 g/mol. The lowest BCUT2D eigenvalue weighted by Gasteiger charge is -2.14. The zero-order chi connectivity index (χ0) is 17.0. The number of hydrogen-bond donors (Lipinski definition) is 2. The number of carbonyl (C=O) groups excluding carboxylic acids is 2. The second-order valence-corrected chi connectivity index (χ2v) is 4.90. The first-order valence-electron chi connectivity index (χ1n) is 6.31. The van der Waals surface area contributed by atoms with E-state index in [0.717, 1.165) is 6.07 Å². The minimum Gasteiger partial charge on any atom is -0.318 e. The van der Waals surface area contributed by atoms with Gasteiger partial charge in [-0.3, -0.25) is 9.59 Å². The molecule has 0 unspecified atom stereocenters. The van der Waals surface area contributed by atoms with Crippen LogP contribution in [0.15, 0.2) is 48.5 Å². The maximum atomic E-state index is 12.9. The highest BCUT2D eigenvalue weighted by molar-refractivity contribution is 6.43. The summed E-state index contributed by atoms with van der Waals surface area (Å²) in [5.41, 5.74) is -1.33. The van der Waals surface area contributed by atoms with E-state index in [-0.39, 0.29) is 5.02 Å². The molecule has 0 saturated heterocycles. The molecule has 2 aromatic carbocycles. The van der Waals surface area contributed by atoms with E-state index in [9.17, 15) is 22.8 Å². The molecule has 2 N–H and O–H groups in total. The Bertz CT molecular complexity index is 733. The van der Waals surface area contributed by atoms with Gasteiger partial charge in [0.15, 0.2) is 0 Å². The van der Waals surface area contributed by atoms with Crippen molar-refractivity contribution in [2.75, 3.05) is 10.6 Å². The average Bonchev–Trinajstić information content (AvgIpc) is 2.49. The molecule has 0 atom stereocenters. The van der Waals surface area contributed by atoms with Crippen molar-refractivity contribution < 1.29 is 22.8 Å². The molecule has 120 valence electrons. The van der Waals surface area contributed by atoms with Crippen LogP contribution in [0.4, 0.5) is 24.5 Å². The highest BCUT2D eigenvalue weighted by atomic mass is 35.5. The lowest BCUT2D eigenvalue weighted by molar-refractivity contribution is -0.137. The first-order valence-corrected chi connectivity index (χ1v) is 6.69. The number of alkyl halides is 3. The molecule has 0 bridgehead atoms. The summed E-state index contributed by atoms with van der Waals surface area (Å²) in [6.45, 7) is 0. The van der Waals surface area contributed by atoms with E-state index in [2.05, 4.69) is 5.32 Å². The molecule has 4 nitrogen and oxygen atoms in total. The van der Waals surface area contributed by atoms with Crippen LogP contribution in [0.25, 0.3) is 0 Å². The average molecular weight is 343 g/mol. The van der Waals surface area contributed by atoms with Crippen LogP contribution in [0.2, 0.25) is 5.02 Å². The van der Waals surface area contributed by atoms with E-state index < -0.39 is 29.2 Å². The summed E-state index contributed by atoms with van der Waals surface area (Å²) in [6, 6.07) is 10.9. The SMILES string of the molecule is O=C(Nc1ccccc1)C(=O)Nc1ccc(Cl)cc1C(F)(F)F. The molecule has 2 rings (SSSR count). The van der Waals surface area contributed by atoms with Crippen LogP contribution in [0.5, 0.6) is 0 Å². The standard InChI is InChI=1S/C15H10ClF3N2O2/c16-9-6-7-12(11(8-9)15(17,18)19)21-14(23)13(22)20-10-4-2-1-3-5-10/h1-8H,(H,20,22)(H,21,23). The molecule has 2 aromatic rings. The summed E-state index contributed by atoms with van der Waals surface area (Å²) in [4.78, 5) is 23.5. The molecule has 0 heterocycles. The zero-order valence-electron chi connectivity index (χ0n) is 11.4. The molecule has 2 amide bonds. The normalized spacial score (nSPS) is 11.0. The van der Waals surface area contributed by atoms with Gasteiger partial charge in [-0.05, 0) is 30.3 Å². The predicted octanol–water partition coefficient (Wildman–Crippen LogP) is 3.94. The number of para-hydroxylation sites is 1. The van der Waals surface area contributed by atoms with Crippen LogP contribution in [0, 0.1) is 0 Å². The van der Waals surface area contributed by atoms with Crippen LogP contribution >= 0.6 is 11.6 Å². The summed E-state index contributed by atoms with van der Waals surface area (Å²) in [6.07, 6.45) is -4.72. The van der Waals surface area contributed by atoms with E-state index in [1.807, 2.05) is 5.32 Å². The summed E-state index contributed by atoms with van der Waals surface area (Å²) in [5.74, 6) is -2.30. The van der Waals surface area contributed by atoms with Gasteiger partial charge in [0.2, 0.25) is 0 Å². The quantitative estimate of drug-likeness (QED) is 0.812. The van der Waals surface area contributed by atoms with Crippen LogP contribution in [-0.4, -0.2) is 11.8 Å². The zero-order valence-corrected chi connectivity index (χ0v) is 12.2. The van der Waals surface area contributed by atoms with Gasteiger partial charge >= 0.3 is 18.0 Å². The van der Waals surface area contributed by atoms with Gasteiger partial charge in [-0.2, -0.15) is 13.2 Å². The number of halogens is 4. The molecule has 0 spiro atoms. The molecular formula is C15H10ClF3N2O2. The van der Waals surface area contributed by atoms with Crippen molar-refractivity contribution in [3.63, 3.8) is 0 Å². The molecule has 0 aliphatic heterocycles. The number of benzene rings is 2. The number of hydrogen-bond acceptors (Lipinski definition) is 2. The smallest absolute Gasteiger partial charge is 0.318 e. The molecule has 0 aromatic heterocycles. The Kier molecular flexibility index (Phi) is 4.90. The van der Waals surface area contributed by atoms with Crippen molar-refractivity contribution in [2.45, 2.75) is 6.18 Å². The lowest BCUT2D eigenvalue weighted by atomic mass is 10.1.